The molecule has 0 aromatic carbocycles. The van der Waals surface area contributed by atoms with Crippen molar-refractivity contribution in [3.63, 3.8) is 0 Å². The van der Waals surface area contributed by atoms with Crippen LogP contribution in [0.1, 0.15) is 117 Å². The molecule has 0 saturated carbocycles. The van der Waals surface area contributed by atoms with Crippen LogP contribution in [-0.2, 0) is 23.9 Å². The standard InChI is InChI=1S/C29H46O6/c1-4-35-28(32)25-22-24(27(23(25)2)29(33)34-3)20-18-16-14-12-10-8-6-5-7-9-11-13-15-17-19-21-26(30)31/h5,7H,4,6,8-22H2,1-3H3,(H,30,31)/b7-5-. The molecule has 0 heterocycles. The molecule has 35 heavy (non-hydrogen) atoms. The molecule has 0 fully saturated rings. The van der Waals surface area contributed by atoms with Gasteiger partial charge in [0.15, 0.2) is 0 Å². The lowest BCUT2D eigenvalue weighted by Crippen LogP contribution is -2.09. The van der Waals surface area contributed by atoms with Crippen LogP contribution in [0.5, 0.6) is 0 Å². The molecule has 0 atom stereocenters. The zero-order valence-electron chi connectivity index (χ0n) is 22.2. The van der Waals surface area contributed by atoms with Crippen LogP contribution >= 0.6 is 0 Å². The Morgan fingerprint density at radius 1 is 0.829 bits per heavy atom. The summed E-state index contributed by atoms with van der Waals surface area (Å²) in [7, 11) is 1.38. The number of carboxylic acid groups (broad SMARTS) is 1. The number of methoxy groups -OCH3 is 1. The molecule has 1 rings (SSSR count). The minimum atomic E-state index is -0.692. The van der Waals surface area contributed by atoms with Gasteiger partial charge >= 0.3 is 17.9 Å². The van der Waals surface area contributed by atoms with Gasteiger partial charge in [-0.05, 0) is 64.4 Å². The smallest absolute Gasteiger partial charge is 0.338 e. The summed E-state index contributed by atoms with van der Waals surface area (Å²) < 4.78 is 10.1. The Morgan fingerprint density at radius 2 is 1.37 bits per heavy atom. The first-order valence-electron chi connectivity index (χ1n) is 13.5. The SMILES string of the molecule is CCOC(=O)C1=C(C)C(C(=O)OC)=C(CCCCCCCC/C=C\CCCCCCCC(=O)O)C1. The van der Waals surface area contributed by atoms with E-state index in [0.29, 0.717) is 36.2 Å². The van der Waals surface area contributed by atoms with Crippen molar-refractivity contribution < 1.29 is 29.0 Å². The van der Waals surface area contributed by atoms with Crippen LogP contribution in [0.3, 0.4) is 0 Å². The van der Waals surface area contributed by atoms with E-state index in [2.05, 4.69) is 12.2 Å². The summed E-state index contributed by atoms with van der Waals surface area (Å²) in [5, 5.41) is 8.61. The quantitative estimate of drug-likeness (QED) is 0.110. The van der Waals surface area contributed by atoms with Gasteiger partial charge in [0.2, 0.25) is 0 Å². The molecule has 0 unspecified atom stereocenters. The maximum atomic E-state index is 12.3. The van der Waals surface area contributed by atoms with E-state index < -0.39 is 5.97 Å². The summed E-state index contributed by atoms with van der Waals surface area (Å²) >= 11 is 0. The fourth-order valence-electron chi connectivity index (χ4n) is 4.52. The van der Waals surface area contributed by atoms with Crippen molar-refractivity contribution in [2.75, 3.05) is 13.7 Å². The van der Waals surface area contributed by atoms with Crippen LogP contribution in [0, 0.1) is 0 Å². The average molecular weight is 491 g/mol. The van der Waals surface area contributed by atoms with Gasteiger partial charge in [-0.15, -0.1) is 0 Å². The van der Waals surface area contributed by atoms with E-state index in [1.54, 1.807) is 6.92 Å². The maximum Gasteiger partial charge on any atom is 0.338 e. The topological polar surface area (TPSA) is 89.9 Å². The maximum absolute atomic E-state index is 12.3. The lowest BCUT2D eigenvalue weighted by atomic mass is 10.00. The van der Waals surface area contributed by atoms with Crippen molar-refractivity contribution in [2.24, 2.45) is 0 Å². The summed E-state index contributed by atoms with van der Waals surface area (Å²) in [6.07, 6.45) is 20.7. The number of esters is 2. The van der Waals surface area contributed by atoms with Gasteiger partial charge in [-0.25, -0.2) is 9.59 Å². The van der Waals surface area contributed by atoms with Gasteiger partial charge in [0.05, 0.1) is 19.3 Å². The van der Waals surface area contributed by atoms with Crippen LogP contribution in [0.15, 0.2) is 34.4 Å². The first kappa shape index (κ1) is 30.7. The van der Waals surface area contributed by atoms with Crippen molar-refractivity contribution in [2.45, 2.75) is 117 Å². The second kappa shape index (κ2) is 18.9. The number of hydrogen-bond acceptors (Lipinski definition) is 5. The van der Waals surface area contributed by atoms with Crippen LogP contribution in [0.2, 0.25) is 0 Å². The molecule has 0 saturated heterocycles. The van der Waals surface area contributed by atoms with Gasteiger partial charge in [0.25, 0.3) is 0 Å². The number of hydrogen-bond donors (Lipinski definition) is 1. The second-order valence-corrected chi connectivity index (χ2v) is 9.30. The van der Waals surface area contributed by atoms with E-state index in [1.807, 2.05) is 6.92 Å². The molecular formula is C29H46O6. The van der Waals surface area contributed by atoms with E-state index in [1.165, 1.54) is 45.6 Å². The van der Waals surface area contributed by atoms with Gasteiger partial charge in [0.1, 0.15) is 0 Å². The predicted octanol–water partition coefficient (Wildman–Crippen LogP) is 7.23. The molecule has 0 aromatic heterocycles. The Morgan fingerprint density at radius 3 is 1.91 bits per heavy atom. The Labute approximate surface area is 211 Å². The number of ether oxygens (including phenoxy) is 2. The van der Waals surface area contributed by atoms with Crippen molar-refractivity contribution in [1.82, 2.24) is 0 Å². The molecule has 0 bridgehead atoms. The molecule has 1 aliphatic carbocycles. The molecule has 6 heteroatoms. The molecular weight excluding hydrogens is 444 g/mol. The van der Waals surface area contributed by atoms with Crippen LogP contribution in [-0.4, -0.2) is 36.7 Å². The molecule has 198 valence electrons. The average Bonchev–Trinajstić information content (AvgIpc) is 3.16. The Hall–Kier alpha value is -2.37. The highest BCUT2D eigenvalue weighted by Gasteiger charge is 2.30. The summed E-state index contributed by atoms with van der Waals surface area (Å²) in [4.78, 5) is 34.9. The van der Waals surface area contributed by atoms with Gasteiger partial charge in [0, 0.05) is 18.4 Å². The van der Waals surface area contributed by atoms with Crippen molar-refractivity contribution in [3.8, 4) is 0 Å². The number of unbranched alkanes of at least 4 members (excludes halogenated alkanes) is 11. The molecule has 0 amide bonds. The van der Waals surface area contributed by atoms with E-state index in [-0.39, 0.29) is 11.9 Å². The van der Waals surface area contributed by atoms with Crippen molar-refractivity contribution in [1.29, 1.82) is 0 Å². The molecule has 6 nitrogen and oxygen atoms in total. The number of aliphatic carboxylic acids is 1. The Kier molecular flexibility index (Phi) is 16.6. The van der Waals surface area contributed by atoms with Crippen LogP contribution in [0.4, 0.5) is 0 Å². The number of carboxylic acids is 1. The largest absolute Gasteiger partial charge is 0.481 e. The van der Waals surface area contributed by atoms with Gasteiger partial charge in [-0.2, -0.15) is 0 Å². The van der Waals surface area contributed by atoms with E-state index in [0.717, 1.165) is 56.9 Å². The highest BCUT2D eigenvalue weighted by molar-refractivity contribution is 6.01. The summed E-state index contributed by atoms with van der Waals surface area (Å²) in [6.45, 7) is 3.92. The number of carbonyl (C=O) groups is 3. The van der Waals surface area contributed by atoms with Gasteiger partial charge in [-0.1, -0.05) is 62.7 Å². The zero-order chi connectivity index (χ0) is 25.9. The zero-order valence-corrected chi connectivity index (χ0v) is 22.2. The third-order valence-corrected chi connectivity index (χ3v) is 6.51. The van der Waals surface area contributed by atoms with Gasteiger partial charge < -0.3 is 14.6 Å². The molecule has 0 spiro atoms. The first-order valence-corrected chi connectivity index (χ1v) is 13.5. The van der Waals surface area contributed by atoms with E-state index in [9.17, 15) is 14.4 Å². The van der Waals surface area contributed by atoms with Crippen molar-refractivity contribution in [3.05, 3.63) is 34.4 Å². The first-order chi connectivity index (χ1) is 16.9. The molecule has 1 aliphatic rings. The highest BCUT2D eigenvalue weighted by Crippen LogP contribution is 2.36. The third kappa shape index (κ3) is 12.8. The number of allylic oxidation sites excluding steroid dienone is 3. The molecule has 1 N–H and O–H groups in total. The number of carbonyl (C=O) groups excluding carboxylic acids is 2. The third-order valence-electron chi connectivity index (χ3n) is 6.51. The second-order valence-electron chi connectivity index (χ2n) is 9.30. The monoisotopic (exact) mass is 490 g/mol. The fourth-order valence-corrected chi connectivity index (χ4v) is 4.52. The summed E-state index contributed by atoms with van der Waals surface area (Å²) in [5.74, 6) is -1.38. The molecule has 0 aromatic rings. The minimum Gasteiger partial charge on any atom is -0.481 e. The summed E-state index contributed by atoms with van der Waals surface area (Å²) in [6, 6.07) is 0. The van der Waals surface area contributed by atoms with Crippen LogP contribution < -0.4 is 0 Å². The molecule has 0 radical (unpaired) electrons. The number of rotatable bonds is 20. The van der Waals surface area contributed by atoms with Crippen molar-refractivity contribution >= 4 is 17.9 Å². The minimum absolute atomic E-state index is 0.295. The highest BCUT2D eigenvalue weighted by atomic mass is 16.5. The summed E-state index contributed by atoms with van der Waals surface area (Å²) in [5.41, 5.74) is 2.86. The predicted molar refractivity (Wildman–Crippen MR) is 139 cm³/mol. The molecule has 0 aliphatic heterocycles. The Balaban J connectivity index is 2.12. The Bertz CT molecular complexity index is 759. The lowest BCUT2D eigenvalue weighted by Gasteiger charge is -2.07. The fraction of sp³-hybridized carbons (Fsp3) is 0.690. The lowest BCUT2D eigenvalue weighted by molar-refractivity contribution is -0.139. The van der Waals surface area contributed by atoms with E-state index >= 15 is 0 Å². The van der Waals surface area contributed by atoms with E-state index in [4.69, 9.17) is 14.6 Å². The van der Waals surface area contributed by atoms with Gasteiger partial charge in [-0.3, -0.25) is 4.79 Å². The van der Waals surface area contributed by atoms with Crippen LogP contribution in [0.25, 0.3) is 0 Å². The normalized spacial score (nSPS) is 13.7.